The van der Waals surface area contributed by atoms with Gasteiger partial charge >= 0.3 is 12.0 Å². The molecular weight excluding hydrogens is 280 g/mol. The van der Waals surface area contributed by atoms with Crippen LogP contribution < -0.4 is 5.32 Å². The van der Waals surface area contributed by atoms with Crippen molar-refractivity contribution in [3.63, 3.8) is 0 Å². The molecule has 5 nitrogen and oxygen atoms in total. The van der Waals surface area contributed by atoms with Crippen molar-refractivity contribution in [2.45, 2.75) is 38.1 Å². The first-order valence-electron chi connectivity index (χ1n) is 8.58. The molecule has 22 heavy (non-hydrogen) atoms. The molecule has 2 saturated carbocycles. The normalized spacial score (nSPS) is 42.5. The third-order valence-electron chi connectivity index (χ3n) is 6.35. The number of carbonyl (C=O) groups is 2. The summed E-state index contributed by atoms with van der Waals surface area (Å²) in [7, 11) is 0. The van der Waals surface area contributed by atoms with Gasteiger partial charge in [0.15, 0.2) is 0 Å². The Morgan fingerprint density at radius 3 is 2.14 bits per heavy atom. The molecule has 0 spiro atoms. The van der Waals surface area contributed by atoms with Crippen molar-refractivity contribution < 1.29 is 14.7 Å². The van der Waals surface area contributed by atoms with Gasteiger partial charge in [-0.25, -0.2) is 4.79 Å². The van der Waals surface area contributed by atoms with E-state index in [1.807, 2.05) is 4.90 Å². The molecule has 1 aliphatic heterocycles. The van der Waals surface area contributed by atoms with Gasteiger partial charge in [0.05, 0.1) is 5.92 Å². The topological polar surface area (TPSA) is 69.6 Å². The molecule has 2 N–H and O–H groups in total. The number of hydrogen-bond acceptors (Lipinski definition) is 2. The van der Waals surface area contributed by atoms with Crippen LogP contribution in [0.15, 0.2) is 12.2 Å². The van der Waals surface area contributed by atoms with Gasteiger partial charge in [-0.3, -0.25) is 4.79 Å². The standard InChI is InChI=1S/C17H24N2O3/c20-16(21)10-3-5-13(6-4-10)18-17(22)19-8-14-11-1-2-12(7-11)15(14)9-19/h1-2,10-15H,3-9H2,(H,18,22)(H,20,21)/t10?,11?,12?,13?,14-,15+. The largest absolute Gasteiger partial charge is 0.481 e. The maximum Gasteiger partial charge on any atom is 0.317 e. The molecule has 2 bridgehead atoms. The highest BCUT2D eigenvalue weighted by atomic mass is 16.4. The van der Waals surface area contributed by atoms with Crippen molar-refractivity contribution in [3.8, 4) is 0 Å². The maximum absolute atomic E-state index is 12.5. The third kappa shape index (κ3) is 2.31. The minimum Gasteiger partial charge on any atom is -0.481 e. The first-order valence-corrected chi connectivity index (χ1v) is 8.58. The predicted molar refractivity (Wildman–Crippen MR) is 81.2 cm³/mol. The monoisotopic (exact) mass is 304 g/mol. The Kier molecular flexibility index (Phi) is 3.39. The summed E-state index contributed by atoms with van der Waals surface area (Å²) < 4.78 is 0. The Labute approximate surface area is 130 Å². The molecule has 1 heterocycles. The molecule has 4 aliphatic rings. The quantitative estimate of drug-likeness (QED) is 0.768. The summed E-state index contributed by atoms with van der Waals surface area (Å²) in [6, 6.07) is 0.214. The number of carboxylic acid groups (broad SMARTS) is 1. The van der Waals surface area contributed by atoms with Crippen molar-refractivity contribution in [1.82, 2.24) is 10.2 Å². The fraction of sp³-hybridized carbons (Fsp3) is 0.765. The van der Waals surface area contributed by atoms with E-state index in [1.54, 1.807) is 0 Å². The van der Waals surface area contributed by atoms with Crippen LogP contribution in [0.25, 0.3) is 0 Å². The van der Waals surface area contributed by atoms with E-state index in [9.17, 15) is 9.59 Å². The first-order chi connectivity index (χ1) is 10.6. The smallest absolute Gasteiger partial charge is 0.317 e. The third-order valence-corrected chi connectivity index (χ3v) is 6.35. The molecule has 1 saturated heterocycles. The Morgan fingerprint density at radius 2 is 1.59 bits per heavy atom. The van der Waals surface area contributed by atoms with E-state index in [1.165, 1.54) is 6.42 Å². The summed E-state index contributed by atoms with van der Waals surface area (Å²) in [6.07, 6.45) is 8.93. The Morgan fingerprint density at radius 1 is 1.00 bits per heavy atom. The molecule has 5 heteroatoms. The van der Waals surface area contributed by atoms with Crippen LogP contribution in [0.4, 0.5) is 4.79 Å². The number of carboxylic acids is 1. The Bertz CT molecular complexity index is 490. The van der Waals surface area contributed by atoms with Crippen molar-refractivity contribution in [2.24, 2.45) is 29.6 Å². The molecule has 0 radical (unpaired) electrons. The molecule has 3 fully saturated rings. The molecule has 2 amide bonds. The van der Waals surface area contributed by atoms with Gasteiger partial charge in [-0.05, 0) is 55.8 Å². The zero-order chi connectivity index (χ0) is 15.3. The van der Waals surface area contributed by atoms with Crippen molar-refractivity contribution in [1.29, 1.82) is 0 Å². The number of aliphatic carboxylic acids is 1. The summed E-state index contributed by atoms with van der Waals surface area (Å²) >= 11 is 0. The fourth-order valence-electron chi connectivity index (χ4n) is 5.07. The molecule has 2 unspecified atom stereocenters. The lowest BCUT2D eigenvalue weighted by atomic mass is 9.86. The van der Waals surface area contributed by atoms with E-state index in [0.29, 0.717) is 36.5 Å². The highest BCUT2D eigenvalue weighted by molar-refractivity contribution is 5.75. The van der Waals surface area contributed by atoms with Gasteiger partial charge in [-0.15, -0.1) is 0 Å². The number of fused-ring (bicyclic) bond motifs is 5. The van der Waals surface area contributed by atoms with E-state index in [-0.39, 0.29) is 18.0 Å². The van der Waals surface area contributed by atoms with E-state index >= 15 is 0 Å². The number of urea groups is 1. The second-order valence-corrected chi connectivity index (χ2v) is 7.52. The highest BCUT2D eigenvalue weighted by Gasteiger charge is 2.50. The van der Waals surface area contributed by atoms with Crippen LogP contribution in [0, 0.1) is 29.6 Å². The average molecular weight is 304 g/mol. The molecule has 0 aromatic carbocycles. The molecule has 0 aromatic rings. The van der Waals surface area contributed by atoms with E-state index < -0.39 is 5.97 Å². The molecule has 4 atom stereocenters. The van der Waals surface area contributed by atoms with Gasteiger partial charge in [-0.2, -0.15) is 0 Å². The molecular formula is C17H24N2O3. The SMILES string of the molecule is O=C(O)C1CCC(NC(=O)N2C[C@@H]3C4C=CC(C4)[C@@H]3C2)CC1. The Balaban J connectivity index is 1.28. The number of amides is 2. The van der Waals surface area contributed by atoms with Gasteiger partial charge in [-0.1, -0.05) is 12.2 Å². The predicted octanol–water partition coefficient (Wildman–Crippen LogP) is 2.09. The second kappa shape index (κ2) is 5.28. The number of likely N-dealkylation sites (tertiary alicyclic amines) is 1. The average Bonchev–Trinajstić information content (AvgIpc) is 3.20. The van der Waals surface area contributed by atoms with Gasteiger partial charge < -0.3 is 15.3 Å². The number of allylic oxidation sites excluding steroid dienone is 2. The highest BCUT2D eigenvalue weighted by Crippen LogP contribution is 2.51. The van der Waals surface area contributed by atoms with E-state index in [4.69, 9.17) is 5.11 Å². The lowest BCUT2D eigenvalue weighted by Gasteiger charge is -2.29. The second-order valence-electron chi connectivity index (χ2n) is 7.52. The minimum atomic E-state index is -0.694. The molecule has 4 rings (SSSR count). The zero-order valence-corrected chi connectivity index (χ0v) is 12.8. The van der Waals surface area contributed by atoms with Crippen LogP contribution in [0.5, 0.6) is 0 Å². The summed E-state index contributed by atoms with van der Waals surface area (Å²) in [5.74, 6) is 1.81. The molecule has 3 aliphatic carbocycles. The van der Waals surface area contributed by atoms with Crippen LogP contribution in [0.2, 0.25) is 0 Å². The minimum absolute atomic E-state index is 0.0626. The van der Waals surface area contributed by atoms with Crippen molar-refractivity contribution in [2.75, 3.05) is 13.1 Å². The molecule has 120 valence electrons. The van der Waals surface area contributed by atoms with Gasteiger partial charge in [0, 0.05) is 19.1 Å². The van der Waals surface area contributed by atoms with E-state index in [2.05, 4.69) is 17.5 Å². The van der Waals surface area contributed by atoms with Crippen LogP contribution in [0.1, 0.15) is 32.1 Å². The van der Waals surface area contributed by atoms with Crippen molar-refractivity contribution >= 4 is 12.0 Å². The number of nitrogens with zero attached hydrogens (tertiary/aromatic N) is 1. The fourth-order valence-corrected chi connectivity index (χ4v) is 5.07. The van der Waals surface area contributed by atoms with Crippen LogP contribution in [-0.4, -0.2) is 41.1 Å². The van der Waals surface area contributed by atoms with Gasteiger partial charge in [0.1, 0.15) is 0 Å². The summed E-state index contributed by atoms with van der Waals surface area (Å²) in [5.41, 5.74) is 0. The Hall–Kier alpha value is -1.52. The maximum atomic E-state index is 12.5. The number of rotatable bonds is 2. The lowest BCUT2D eigenvalue weighted by Crippen LogP contribution is -2.46. The number of nitrogens with one attached hydrogen (secondary N) is 1. The summed E-state index contributed by atoms with van der Waals surface area (Å²) in [4.78, 5) is 25.4. The van der Waals surface area contributed by atoms with Crippen LogP contribution >= 0.6 is 0 Å². The number of carbonyl (C=O) groups excluding carboxylic acids is 1. The van der Waals surface area contributed by atoms with Crippen LogP contribution in [0.3, 0.4) is 0 Å². The lowest BCUT2D eigenvalue weighted by molar-refractivity contribution is -0.142. The van der Waals surface area contributed by atoms with E-state index in [0.717, 1.165) is 25.9 Å². The van der Waals surface area contributed by atoms with Gasteiger partial charge in [0.25, 0.3) is 0 Å². The van der Waals surface area contributed by atoms with Crippen LogP contribution in [-0.2, 0) is 4.79 Å². The van der Waals surface area contributed by atoms with Crippen molar-refractivity contribution in [3.05, 3.63) is 12.2 Å². The summed E-state index contributed by atoms with van der Waals surface area (Å²) in [5, 5.41) is 12.2. The summed E-state index contributed by atoms with van der Waals surface area (Å²) in [6.45, 7) is 1.79. The zero-order valence-electron chi connectivity index (χ0n) is 12.8. The number of hydrogen-bond donors (Lipinski definition) is 2. The van der Waals surface area contributed by atoms with Gasteiger partial charge in [0.2, 0.25) is 0 Å². The molecule has 0 aromatic heterocycles. The first kappa shape index (κ1) is 14.1.